The van der Waals surface area contributed by atoms with E-state index in [1.807, 2.05) is 6.07 Å². The van der Waals surface area contributed by atoms with E-state index in [9.17, 15) is 24.0 Å². The first-order chi connectivity index (χ1) is 17.8. The van der Waals surface area contributed by atoms with Crippen LogP contribution in [0, 0.1) is 0 Å². The Morgan fingerprint density at radius 1 is 0.730 bits per heavy atom. The molecule has 2 aromatic rings. The van der Waals surface area contributed by atoms with E-state index in [-0.39, 0.29) is 43.6 Å². The number of benzene rings is 2. The van der Waals surface area contributed by atoms with E-state index in [1.54, 1.807) is 36.4 Å². The van der Waals surface area contributed by atoms with E-state index in [0.717, 1.165) is 18.2 Å². The maximum absolute atomic E-state index is 12.5. The lowest BCUT2D eigenvalue weighted by molar-refractivity contribution is -0.141. The van der Waals surface area contributed by atoms with Crippen LogP contribution in [0.5, 0.6) is 5.75 Å². The predicted molar refractivity (Wildman–Crippen MR) is 139 cm³/mol. The first kappa shape index (κ1) is 28.4. The largest absolute Gasteiger partial charge is 0.425 e. The Morgan fingerprint density at radius 3 is 1.89 bits per heavy atom. The molecular weight excluding hydrogens is 474 g/mol. The van der Waals surface area contributed by atoms with Crippen LogP contribution in [0.2, 0.25) is 0 Å². The first-order valence-corrected chi connectivity index (χ1v) is 11.4. The fourth-order valence-electron chi connectivity index (χ4n) is 3.24. The molecule has 192 valence electrons. The summed E-state index contributed by atoms with van der Waals surface area (Å²) in [5.74, 6) is -1.96. The van der Waals surface area contributed by atoms with Gasteiger partial charge in [0.2, 0.25) is 17.7 Å². The standard InChI is InChI=1S/C28H29N3O6/c1-4-24(32)29-16-17-30(25(33)5-2)18-19-31(26(34)6-3)20-27(35)37-23-14-12-22(13-15-23)28(36)21-10-8-7-9-11-21/h4-15H,1-3,16-20H2,(H,29,32). The molecule has 0 aliphatic heterocycles. The number of nitrogens with zero attached hydrogens (tertiary/aromatic N) is 2. The second-order valence-corrected chi connectivity index (χ2v) is 7.68. The van der Waals surface area contributed by atoms with Crippen LogP contribution in [-0.4, -0.2) is 72.0 Å². The third-order valence-corrected chi connectivity index (χ3v) is 5.18. The molecule has 1 N–H and O–H groups in total. The summed E-state index contributed by atoms with van der Waals surface area (Å²) >= 11 is 0. The van der Waals surface area contributed by atoms with Crippen molar-refractivity contribution in [2.24, 2.45) is 0 Å². The molecule has 0 aliphatic carbocycles. The molecule has 9 heteroatoms. The van der Waals surface area contributed by atoms with E-state index in [1.165, 1.54) is 21.9 Å². The Labute approximate surface area is 215 Å². The third kappa shape index (κ3) is 9.06. The number of hydrogen-bond acceptors (Lipinski definition) is 6. The van der Waals surface area contributed by atoms with Gasteiger partial charge in [-0.2, -0.15) is 0 Å². The van der Waals surface area contributed by atoms with Gasteiger partial charge in [-0.1, -0.05) is 50.1 Å². The van der Waals surface area contributed by atoms with Gasteiger partial charge < -0.3 is 19.9 Å². The quantitative estimate of drug-likeness (QED) is 0.183. The van der Waals surface area contributed by atoms with Crippen LogP contribution in [0.4, 0.5) is 0 Å². The topological polar surface area (TPSA) is 113 Å². The van der Waals surface area contributed by atoms with Crippen molar-refractivity contribution in [3.63, 3.8) is 0 Å². The molecule has 0 bridgehead atoms. The zero-order valence-electron chi connectivity index (χ0n) is 20.4. The second-order valence-electron chi connectivity index (χ2n) is 7.68. The van der Waals surface area contributed by atoms with Gasteiger partial charge in [-0.3, -0.25) is 19.2 Å². The zero-order chi connectivity index (χ0) is 27.2. The van der Waals surface area contributed by atoms with Gasteiger partial charge in [0.1, 0.15) is 12.3 Å². The molecule has 0 aromatic heterocycles. The Hall–Kier alpha value is -4.79. The normalized spacial score (nSPS) is 9.95. The van der Waals surface area contributed by atoms with Gasteiger partial charge in [0.25, 0.3) is 0 Å². The summed E-state index contributed by atoms with van der Waals surface area (Å²) in [6.45, 7) is 10.3. The van der Waals surface area contributed by atoms with E-state index in [2.05, 4.69) is 25.1 Å². The molecule has 2 aromatic carbocycles. The monoisotopic (exact) mass is 503 g/mol. The number of ether oxygens (including phenoxy) is 1. The molecule has 0 atom stereocenters. The highest BCUT2D eigenvalue weighted by Crippen LogP contribution is 2.16. The van der Waals surface area contributed by atoms with Gasteiger partial charge >= 0.3 is 5.97 Å². The van der Waals surface area contributed by atoms with Gasteiger partial charge in [-0.15, -0.1) is 0 Å². The fourth-order valence-corrected chi connectivity index (χ4v) is 3.24. The van der Waals surface area contributed by atoms with Crippen LogP contribution in [-0.2, 0) is 19.2 Å². The molecule has 0 radical (unpaired) electrons. The third-order valence-electron chi connectivity index (χ3n) is 5.18. The van der Waals surface area contributed by atoms with Crippen LogP contribution >= 0.6 is 0 Å². The Balaban J connectivity index is 1.98. The molecule has 0 unspecified atom stereocenters. The van der Waals surface area contributed by atoms with Crippen molar-refractivity contribution in [2.75, 3.05) is 32.7 Å². The van der Waals surface area contributed by atoms with Crippen molar-refractivity contribution in [3.8, 4) is 5.75 Å². The van der Waals surface area contributed by atoms with Gasteiger partial charge in [0.05, 0.1) is 0 Å². The minimum absolute atomic E-state index is 0.0133. The number of hydrogen-bond donors (Lipinski definition) is 1. The number of nitrogens with one attached hydrogen (secondary N) is 1. The van der Waals surface area contributed by atoms with E-state index in [4.69, 9.17) is 4.74 Å². The average molecular weight is 504 g/mol. The molecule has 0 saturated heterocycles. The lowest BCUT2D eigenvalue weighted by Gasteiger charge is -2.26. The van der Waals surface area contributed by atoms with Crippen molar-refractivity contribution in [2.45, 2.75) is 0 Å². The molecule has 9 nitrogen and oxygen atoms in total. The van der Waals surface area contributed by atoms with E-state index in [0.29, 0.717) is 11.1 Å². The average Bonchev–Trinajstić information content (AvgIpc) is 2.93. The number of carbonyl (C=O) groups is 5. The summed E-state index contributed by atoms with van der Waals surface area (Å²) in [4.78, 5) is 63.4. The van der Waals surface area contributed by atoms with Crippen molar-refractivity contribution < 1.29 is 28.7 Å². The van der Waals surface area contributed by atoms with Gasteiger partial charge in [0.15, 0.2) is 5.78 Å². The molecule has 0 aliphatic rings. The molecular formula is C28H29N3O6. The minimum Gasteiger partial charge on any atom is -0.425 e. The molecule has 0 heterocycles. The van der Waals surface area contributed by atoms with Gasteiger partial charge in [-0.25, -0.2) is 4.79 Å². The smallest absolute Gasteiger partial charge is 0.331 e. The lowest BCUT2D eigenvalue weighted by Crippen LogP contribution is -2.45. The van der Waals surface area contributed by atoms with Crippen molar-refractivity contribution in [1.29, 1.82) is 0 Å². The molecule has 37 heavy (non-hydrogen) atoms. The highest BCUT2D eigenvalue weighted by molar-refractivity contribution is 6.09. The predicted octanol–water partition coefficient (Wildman–Crippen LogP) is 2.15. The summed E-state index contributed by atoms with van der Waals surface area (Å²) in [7, 11) is 0. The van der Waals surface area contributed by atoms with Crippen LogP contribution in [0.25, 0.3) is 0 Å². The van der Waals surface area contributed by atoms with Crippen LogP contribution in [0.1, 0.15) is 15.9 Å². The number of amides is 3. The van der Waals surface area contributed by atoms with Crippen molar-refractivity contribution in [3.05, 3.63) is 104 Å². The molecule has 3 amide bonds. The van der Waals surface area contributed by atoms with Gasteiger partial charge in [0, 0.05) is 37.3 Å². The maximum Gasteiger partial charge on any atom is 0.331 e. The zero-order valence-corrected chi connectivity index (χ0v) is 20.4. The Kier molecular flexibility index (Phi) is 11.2. The summed E-state index contributed by atoms with van der Waals surface area (Å²) < 4.78 is 5.33. The molecule has 0 fully saturated rings. The summed E-state index contributed by atoms with van der Waals surface area (Å²) in [5, 5.41) is 2.57. The highest BCUT2D eigenvalue weighted by Gasteiger charge is 2.19. The minimum atomic E-state index is -0.711. The summed E-state index contributed by atoms with van der Waals surface area (Å²) in [6, 6.07) is 14.9. The SMILES string of the molecule is C=CC(=O)NCCN(CCN(CC(=O)Oc1ccc(C(=O)c2ccccc2)cc1)C(=O)C=C)C(=O)C=C. The van der Waals surface area contributed by atoms with E-state index >= 15 is 0 Å². The van der Waals surface area contributed by atoms with Crippen molar-refractivity contribution in [1.82, 2.24) is 15.1 Å². The van der Waals surface area contributed by atoms with E-state index < -0.39 is 24.3 Å². The fraction of sp³-hybridized carbons (Fsp3) is 0.179. The Bertz CT molecular complexity index is 1160. The van der Waals surface area contributed by atoms with Gasteiger partial charge in [-0.05, 0) is 42.5 Å². The number of ketones is 1. The molecule has 0 spiro atoms. The number of esters is 1. The Morgan fingerprint density at radius 2 is 1.30 bits per heavy atom. The van der Waals surface area contributed by atoms with Crippen molar-refractivity contribution >= 4 is 29.5 Å². The summed E-state index contributed by atoms with van der Waals surface area (Å²) in [5.41, 5.74) is 0.976. The number of rotatable bonds is 14. The maximum atomic E-state index is 12.5. The molecule has 0 saturated carbocycles. The second kappa shape index (κ2) is 14.6. The number of carbonyl (C=O) groups excluding carboxylic acids is 5. The highest BCUT2D eigenvalue weighted by atomic mass is 16.5. The van der Waals surface area contributed by atoms with Crippen LogP contribution in [0.15, 0.2) is 92.6 Å². The first-order valence-electron chi connectivity index (χ1n) is 11.4. The molecule has 2 rings (SSSR count). The van der Waals surface area contributed by atoms with Crippen LogP contribution < -0.4 is 10.1 Å². The lowest BCUT2D eigenvalue weighted by atomic mass is 10.0. The van der Waals surface area contributed by atoms with Crippen LogP contribution in [0.3, 0.4) is 0 Å². The summed E-state index contributed by atoms with van der Waals surface area (Å²) in [6.07, 6.45) is 3.29.